The number of anilines is 1. The van der Waals surface area contributed by atoms with E-state index in [9.17, 15) is 4.79 Å². The lowest BCUT2D eigenvalue weighted by atomic mass is 9.90. The van der Waals surface area contributed by atoms with E-state index in [1.54, 1.807) is 20.1 Å². The molecule has 35 heavy (non-hydrogen) atoms. The number of esters is 1. The lowest BCUT2D eigenvalue weighted by Crippen LogP contribution is -2.47. The van der Waals surface area contributed by atoms with Gasteiger partial charge in [0.15, 0.2) is 0 Å². The van der Waals surface area contributed by atoms with Crippen molar-refractivity contribution in [3.8, 4) is 0 Å². The molecule has 10 heteroatoms. The molecule has 2 fully saturated rings. The Labute approximate surface area is 208 Å². The van der Waals surface area contributed by atoms with Crippen LogP contribution >= 0.6 is 11.6 Å². The number of nitrogens with two attached hydrogens (primary N) is 1. The van der Waals surface area contributed by atoms with Crippen LogP contribution < -0.4 is 5.73 Å². The molecule has 2 N–H and O–H groups in total. The summed E-state index contributed by atoms with van der Waals surface area (Å²) in [5.41, 5.74) is 7.79. The highest BCUT2D eigenvalue weighted by atomic mass is 35.5. The third-order valence-electron chi connectivity index (χ3n) is 7.13. The molecule has 1 aliphatic carbocycles. The maximum absolute atomic E-state index is 13.4. The van der Waals surface area contributed by atoms with E-state index in [1.165, 1.54) is 0 Å². The van der Waals surface area contributed by atoms with Gasteiger partial charge in [-0.05, 0) is 37.8 Å². The summed E-state index contributed by atoms with van der Waals surface area (Å²) in [6.45, 7) is 1.87. The van der Waals surface area contributed by atoms with E-state index in [2.05, 4.69) is 9.97 Å². The van der Waals surface area contributed by atoms with Crippen LogP contribution in [-0.4, -0.2) is 40.0 Å². The smallest absolute Gasteiger partial charge is 0.355 e. The van der Waals surface area contributed by atoms with Crippen molar-refractivity contribution in [2.75, 3.05) is 19.5 Å². The quantitative estimate of drug-likeness (QED) is 0.285. The van der Waals surface area contributed by atoms with Crippen LogP contribution in [0.5, 0.6) is 0 Å². The zero-order valence-corrected chi connectivity index (χ0v) is 20.5. The van der Waals surface area contributed by atoms with Gasteiger partial charge in [-0.1, -0.05) is 54.8 Å². The van der Waals surface area contributed by atoms with Gasteiger partial charge in [-0.25, -0.2) is 19.6 Å². The number of carbonyl (C=O) groups excluding carboxylic acids is 1. The highest BCUT2D eigenvalue weighted by Crippen LogP contribution is 2.40. The van der Waals surface area contributed by atoms with Crippen LogP contribution in [0.1, 0.15) is 67.2 Å². The summed E-state index contributed by atoms with van der Waals surface area (Å²) in [5.74, 6) is -1.72. The number of ether oxygens (including phenoxy) is 2. The molecule has 2 aliphatic rings. The van der Waals surface area contributed by atoms with Gasteiger partial charge in [0.1, 0.15) is 22.6 Å². The molecule has 0 amide bonds. The molecule has 0 bridgehead atoms. The molecule has 186 valence electrons. The number of nitrogens with zero attached hydrogens (tertiary/aromatic N) is 3. The number of hydrogen-bond acceptors (Lipinski definition) is 8. The predicted octanol–water partition coefficient (Wildman–Crippen LogP) is 5.01. The maximum atomic E-state index is 13.4. The Kier molecular flexibility index (Phi) is 6.67. The second-order valence-corrected chi connectivity index (χ2v) is 9.64. The fourth-order valence-corrected chi connectivity index (χ4v) is 5.25. The number of rotatable bonds is 6. The van der Waals surface area contributed by atoms with E-state index < -0.39 is 11.8 Å². The number of nitrogen functional groups attached to an aromatic ring is 1. The van der Waals surface area contributed by atoms with E-state index in [-0.39, 0.29) is 35.8 Å². The number of carbonyl (C=O) groups is 1. The zero-order valence-electron chi connectivity index (χ0n) is 19.8. The Morgan fingerprint density at radius 2 is 2.00 bits per heavy atom. The van der Waals surface area contributed by atoms with Gasteiger partial charge >= 0.3 is 5.97 Å². The molecule has 1 saturated heterocycles. The van der Waals surface area contributed by atoms with Crippen molar-refractivity contribution in [1.29, 1.82) is 0 Å². The first-order valence-corrected chi connectivity index (χ1v) is 12.2. The Morgan fingerprint density at radius 3 is 2.71 bits per heavy atom. The van der Waals surface area contributed by atoms with E-state index >= 15 is 0 Å². The van der Waals surface area contributed by atoms with Crippen LogP contribution in [-0.2, 0) is 19.2 Å². The van der Waals surface area contributed by atoms with Crippen LogP contribution in [0.15, 0.2) is 36.4 Å². The molecular weight excluding hydrogens is 472 g/mol. The molecule has 1 aliphatic heterocycles. The van der Waals surface area contributed by atoms with Crippen LogP contribution in [0.4, 0.5) is 5.95 Å². The largest absolute Gasteiger partial charge is 0.461 e. The monoisotopic (exact) mass is 500 g/mol. The second-order valence-electron chi connectivity index (χ2n) is 9.28. The van der Waals surface area contributed by atoms with Crippen LogP contribution in [0.3, 0.4) is 0 Å². The molecule has 3 aromatic rings. The van der Waals surface area contributed by atoms with Gasteiger partial charge in [-0.3, -0.25) is 0 Å². The van der Waals surface area contributed by atoms with E-state index in [1.807, 2.05) is 34.9 Å². The zero-order chi connectivity index (χ0) is 24.6. The van der Waals surface area contributed by atoms with Crippen molar-refractivity contribution in [1.82, 2.24) is 14.5 Å². The van der Waals surface area contributed by atoms with Crippen molar-refractivity contribution in [2.45, 2.75) is 57.0 Å². The fraction of sp³-hybridized carbons (Fsp3) is 0.480. The van der Waals surface area contributed by atoms with E-state index in [0.29, 0.717) is 23.1 Å². The van der Waals surface area contributed by atoms with E-state index in [0.717, 1.165) is 31.2 Å². The number of fused-ring (bicyclic) bond motifs is 1. The number of aromatic nitrogens is 3. The van der Waals surface area contributed by atoms with Gasteiger partial charge in [0.2, 0.25) is 11.7 Å². The molecule has 1 aromatic carbocycles. The molecule has 3 unspecified atom stereocenters. The Balaban J connectivity index is 1.40. The molecule has 0 radical (unpaired) electrons. The van der Waals surface area contributed by atoms with Crippen molar-refractivity contribution in [3.05, 3.63) is 52.8 Å². The summed E-state index contributed by atoms with van der Waals surface area (Å²) < 4.78 is 13.4. The first-order chi connectivity index (χ1) is 16.9. The molecule has 1 saturated carbocycles. The topological polar surface area (TPSA) is 111 Å². The highest BCUT2D eigenvalue weighted by molar-refractivity contribution is 6.34. The summed E-state index contributed by atoms with van der Waals surface area (Å²) >= 11 is 6.34. The molecular formula is C25H29ClN4O5. The van der Waals surface area contributed by atoms with Crippen LogP contribution in [0.2, 0.25) is 5.15 Å². The molecule has 3 atom stereocenters. The summed E-state index contributed by atoms with van der Waals surface area (Å²) in [5, 5.41) is 0.800. The number of benzene rings is 1. The normalized spacial score (nSPS) is 25.2. The number of halogens is 1. The molecule has 0 spiro atoms. The Morgan fingerprint density at radius 1 is 1.26 bits per heavy atom. The van der Waals surface area contributed by atoms with Gasteiger partial charge in [0.05, 0.1) is 17.9 Å². The number of methoxy groups -OCH3 is 1. The van der Waals surface area contributed by atoms with Crippen molar-refractivity contribution in [3.63, 3.8) is 0 Å². The predicted molar refractivity (Wildman–Crippen MR) is 130 cm³/mol. The maximum Gasteiger partial charge on any atom is 0.355 e. The minimum absolute atomic E-state index is 0.0712. The summed E-state index contributed by atoms with van der Waals surface area (Å²) in [6.07, 6.45) is 4.31. The van der Waals surface area contributed by atoms with Crippen LogP contribution in [0.25, 0.3) is 11.0 Å². The average molecular weight is 501 g/mol. The average Bonchev–Trinajstić information content (AvgIpc) is 3.52. The van der Waals surface area contributed by atoms with Gasteiger partial charge in [0.25, 0.3) is 0 Å². The highest BCUT2D eigenvalue weighted by Gasteiger charge is 2.45. The number of hydrogen-bond donors (Lipinski definition) is 1. The molecule has 2 aromatic heterocycles. The summed E-state index contributed by atoms with van der Waals surface area (Å²) in [7, 11) is 1.55. The molecule has 9 nitrogen and oxygen atoms in total. The molecule has 3 heterocycles. The van der Waals surface area contributed by atoms with E-state index in [4.69, 9.17) is 36.6 Å². The van der Waals surface area contributed by atoms with Crippen molar-refractivity contribution in [2.24, 2.45) is 5.92 Å². The Bertz CT molecular complexity index is 1210. The summed E-state index contributed by atoms with van der Waals surface area (Å²) in [6, 6.07) is 11.6. The fourth-order valence-electron chi connectivity index (χ4n) is 5.03. The van der Waals surface area contributed by atoms with Gasteiger partial charge < -0.3 is 19.8 Å². The van der Waals surface area contributed by atoms with Crippen molar-refractivity contribution < 1.29 is 24.0 Å². The minimum atomic E-state index is -1.06. The van der Waals surface area contributed by atoms with Crippen molar-refractivity contribution >= 4 is 34.6 Å². The first-order valence-electron chi connectivity index (χ1n) is 11.8. The van der Waals surface area contributed by atoms with Gasteiger partial charge in [-0.2, -0.15) is 4.98 Å². The van der Waals surface area contributed by atoms with Gasteiger partial charge in [0, 0.05) is 13.2 Å². The lowest BCUT2D eigenvalue weighted by Gasteiger charge is -2.41. The van der Waals surface area contributed by atoms with Gasteiger partial charge in [-0.15, -0.1) is 0 Å². The lowest BCUT2D eigenvalue weighted by molar-refractivity contribution is -0.479. The molecule has 5 rings (SSSR count). The SMILES string of the molecule is COC1(C)OOC(c2ccccc2)CC1COC(=O)c1cc2c(Cl)nc(N)nc2n1C1CCCC1. The standard InChI is InChI=1S/C25H29ClN4O5/c1-25(32-2)16(12-20(34-35-25)15-8-4-3-5-9-15)14-33-23(31)19-13-18-21(26)28-24(27)29-22(18)30(19)17-10-6-7-11-17/h3-5,8-9,13,16-17,20H,6-7,10-12,14H2,1-2H3,(H2,27,28,29). The minimum Gasteiger partial charge on any atom is -0.461 e. The van der Waals surface area contributed by atoms with Crippen LogP contribution in [0, 0.1) is 5.92 Å². The Hall–Kier alpha value is -2.72. The summed E-state index contributed by atoms with van der Waals surface area (Å²) in [4.78, 5) is 33.1. The third kappa shape index (κ3) is 4.61. The second kappa shape index (κ2) is 9.73. The third-order valence-corrected chi connectivity index (χ3v) is 7.41. The first kappa shape index (κ1) is 24.0.